The number of aromatic amines is 1. The highest BCUT2D eigenvalue weighted by molar-refractivity contribution is 6.77. The van der Waals surface area contributed by atoms with Crippen molar-refractivity contribution in [1.29, 1.82) is 0 Å². The number of aromatic nitrogens is 1. The standard InChI is InChI=1S/C9H9Cl3N2O/c10-9(11,12)8(15)7-4-6(5-14-7)2-1-3-13/h1-2,4-5,14H,3,13H2. The maximum atomic E-state index is 11.5. The number of rotatable bonds is 3. The second-order valence-corrected chi connectivity index (χ2v) is 5.09. The molecule has 0 bridgehead atoms. The van der Waals surface area contributed by atoms with E-state index in [1.165, 1.54) is 0 Å². The Morgan fingerprint density at radius 2 is 2.20 bits per heavy atom. The first kappa shape index (κ1) is 12.6. The number of halogens is 3. The van der Waals surface area contributed by atoms with Crippen LogP contribution in [0.25, 0.3) is 6.08 Å². The van der Waals surface area contributed by atoms with E-state index in [0.29, 0.717) is 6.54 Å². The van der Waals surface area contributed by atoms with Gasteiger partial charge >= 0.3 is 0 Å². The van der Waals surface area contributed by atoms with Crippen LogP contribution in [0.4, 0.5) is 0 Å². The van der Waals surface area contributed by atoms with Crippen molar-refractivity contribution in [1.82, 2.24) is 4.98 Å². The minimum Gasteiger partial charge on any atom is -0.358 e. The third-order valence-corrected chi connectivity index (χ3v) is 2.17. The first-order valence-corrected chi connectivity index (χ1v) is 5.25. The van der Waals surface area contributed by atoms with E-state index >= 15 is 0 Å². The van der Waals surface area contributed by atoms with E-state index in [4.69, 9.17) is 40.5 Å². The second-order valence-electron chi connectivity index (χ2n) is 2.81. The molecule has 0 radical (unpaired) electrons. The summed E-state index contributed by atoms with van der Waals surface area (Å²) < 4.78 is -1.93. The van der Waals surface area contributed by atoms with E-state index in [9.17, 15) is 4.79 Å². The van der Waals surface area contributed by atoms with E-state index in [0.717, 1.165) is 5.56 Å². The minimum absolute atomic E-state index is 0.256. The Labute approximate surface area is 102 Å². The van der Waals surface area contributed by atoms with Gasteiger partial charge in [0, 0.05) is 12.7 Å². The van der Waals surface area contributed by atoms with Crippen LogP contribution in [0.1, 0.15) is 16.1 Å². The number of alkyl halides is 3. The van der Waals surface area contributed by atoms with Crippen molar-refractivity contribution in [2.75, 3.05) is 6.54 Å². The average Bonchev–Trinajstić information content (AvgIpc) is 2.60. The Kier molecular flexibility index (Phi) is 4.22. The number of hydrogen-bond acceptors (Lipinski definition) is 2. The SMILES string of the molecule is NCC=Cc1c[nH]c(C(=O)C(Cl)(Cl)Cl)c1. The molecule has 0 atom stereocenters. The summed E-state index contributed by atoms with van der Waals surface area (Å²) >= 11 is 16.4. The molecule has 3 nitrogen and oxygen atoms in total. The largest absolute Gasteiger partial charge is 0.358 e. The van der Waals surface area contributed by atoms with Crippen LogP contribution in [0.2, 0.25) is 0 Å². The quantitative estimate of drug-likeness (QED) is 0.653. The van der Waals surface area contributed by atoms with Crippen LogP contribution in [0.5, 0.6) is 0 Å². The molecule has 3 N–H and O–H groups in total. The lowest BCUT2D eigenvalue weighted by atomic mass is 10.2. The molecule has 0 spiro atoms. The Hall–Kier alpha value is -0.480. The molecular formula is C9H9Cl3N2O. The van der Waals surface area contributed by atoms with Gasteiger partial charge in [0.2, 0.25) is 5.78 Å². The third-order valence-electron chi connectivity index (χ3n) is 1.65. The fourth-order valence-corrected chi connectivity index (χ4v) is 1.30. The number of hydrogen-bond donors (Lipinski definition) is 2. The van der Waals surface area contributed by atoms with E-state index in [2.05, 4.69) is 4.98 Å². The number of nitrogens with two attached hydrogens (primary N) is 1. The molecule has 0 aliphatic rings. The van der Waals surface area contributed by atoms with Gasteiger partial charge < -0.3 is 10.7 Å². The molecule has 0 unspecified atom stereocenters. The van der Waals surface area contributed by atoms with Crippen molar-refractivity contribution < 1.29 is 4.79 Å². The van der Waals surface area contributed by atoms with Crippen molar-refractivity contribution in [3.63, 3.8) is 0 Å². The molecule has 0 fully saturated rings. The number of nitrogens with one attached hydrogen (secondary N) is 1. The lowest BCUT2D eigenvalue weighted by Gasteiger charge is -2.06. The molecule has 0 aliphatic heterocycles. The van der Waals surface area contributed by atoms with E-state index in [1.807, 2.05) is 0 Å². The number of carbonyl (C=O) groups excluding carboxylic acids is 1. The van der Waals surface area contributed by atoms with Gasteiger partial charge in [0.1, 0.15) is 0 Å². The summed E-state index contributed by atoms with van der Waals surface area (Å²) in [5, 5.41) is 0. The maximum Gasteiger partial charge on any atom is 0.254 e. The third kappa shape index (κ3) is 3.54. The predicted molar refractivity (Wildman–Crippen MR) is 63.5 cm³/mol. The summed E-state index contributed by atoms with van der Waals surface area (Å²) in [4.78, 5) is 14.2. The molecule has 0 aromatic carbocycles. The van der Waals surface area contributed by atoms with Crippen LogP contribution >= 0.6 is 34.8 Å². The highest BCUT2D eigenvalue weighted by atomic mass is 35.6. The molecule has 1 aromatic heterocycles. The topological polar surface area (TPSA) is 58.9 Å². The van der Waals surface area contributed by atoms with Crippen LogP contribution in [0, 0.1) is 0 Å². The Morgan fingerprint density at radius 3 is 2.73 bits per heavy atom. The highest BCUT2D eigenvalue weighted by Gasteiger charge is 2.32. The van der Waals surface area contributed by atoms with Crippen molar-refractivity contribution in [3.05, 3.63) is 29.6 Å². The maximum absolute atomic E-state index is 11.5. The summed E-state index contributed by atoms with van der Waals surface area (Å²) in [6, 6.07) is 1.59. The molecule has 0 aliphatic carbocycles. The fourth-order valence-electron chi connectivity index (χ4n) is 0.995. The zero-order valence-electron chi connectivity index (χ0n) is 7.64. The molecule has 6 heteroatoms. The molecular weight excluding hydrogens is 258 g/mol. The van der Waals surface area contributed by atoms with Gasteiger partial charge in [-0.15, -0.1) is 0 Å². The van der Waals surface area contributed by atoms with Crippen molar-refractivity contribution in [2.45, 2.75) is 3.79 Å². The first-order valence-electron chi connectivity index (χ1n) is 4.11. The molecule has 15 heavy (non-hydrogen) atoms. The minimum atomic E-state index is -1.93. The molecule has 0 saturated heterocycles. The van der Waals surface area contributed by atoms with Crippen LogP contribution < -0.4 is 5.73 Å². The van der Waals surface area contributed by atoms with Gasteiger partial charge in [-0.25, -0.2) is 0 Å². The normalized spacial score (nSPS) is 12.3. The number of ketones is 1. The Balaban J connectivity index is 2.85. The summed E-state index contributed by atoms with van der Waals surface area (Å²) in [5.41, 5.74) is 6.34. The van der Waals surface area contributed by atoms with Gasteiger partial charge in [0.25, 0.3) is 3.79 Å². The second kappa shape index (κ2) is 5.03. The van der Waals surface area contributed by atoms with Gasteiger partial charge in [-0.3, -0.25) is 4.79 Å². The van der Waals surface area contributed by atoms with Gasteiger partial charge in [-0.2, -0.15) is 0 Å². The average molecular weight is 268 g/mol. The lowest BCUT2D eigenvalue weighted by molar-refractivity contribution is 0.0992. The first-order chi connectivity index (χ1) is 6.95. The lowest BCUT2D eigenvalue weighted by Crippen LogP contribution is -2.19. The number of H-pyrrole nitrogens is 1. The smallest absolute Gasteiger partial charge is 0.254 e. The van der Waals surface area contributed by atoms with Crippen LogP contribution in [-0.4, -0.2) is 21.1 Å². The van der Waals surface area contributed by atoms with Gasteiger partial charge in [-0.1, -0.05) is 47.0 Å². The summed E-state index contributed by atoms with van der Waals surface area (Å²) in [6.07, 6.45) is 5.16. The van der Waals surface area contributed by atoms with E-state index < -0.39 is 9.58 Å². The van der Waals surface area contributed by atoms with Gasteiger partial charge in [0.05, 0.1) is 5.69 Å². The summed E-state index contributed by atoms with van der Waals surface area (Å²) in [7, 11) is 0. The molecule has 1 heterocycles. The van der Waals surface area contributed by atoms with Crippen molar-refractivity contribution in [3.8, 4) is 0 Å². The number of carbonyl (C=O) groups is 1. The zero-order chi connectivity index (χ0) is 11.5. The van der Waals surface area contributed by atoms with Gasteiger partial charge in [0.15, 0.2) is 0 Å². The summed E-state index contributed by atoms with van der Waals surface area (Å²) in [6.45, 7) is 0.429. The fraction of sp³-hybridized carbons (Fsp3) is 0.222. The molecule has 1 aromatic rings. The molecule has 0 saturated carbocycles. The number of Topliss-reactive ketones (excluding diaryl/α,β-unsaturated/α-hetero) is 1. The van der Waals surface area contributed by atoms with E-state index in [-0.39, 0.29) is 5.69 Å². The zero-order valence-corrected chi connectivity index (χ0v) is 9.90. The molecule has 1 rings (SSSR count). The van der Waals surface area contributed by atoms with Crippen LogP contribution in [0.3, 0.4) is 0 Å². The highest BCUT2D eigenvalue weighted by Crippen LogP contribution is 2.30. The molecule has 82 valence electrons. The monoisotopic (exact) mass is 266 g/mol. The van der Waals surface area contributed by atoms with Crippen molar-refractivity contribution in [2.24, 2.45) is 5.73 Å². The van der Waals surface area contributed by atoms with Crippen molar-refractivity contribution >= 4 is 46.7 Å². The predicted octanol–water partition coefficient (Wildman–Crippen LogP) is 2.54. The molecule has 0 amide bonds. The van der Waals surface area contributed by atoms with E-state index in [1.54, 1.807) is 24.4 Å². The Morgan fingerprint density at radius 1 is 1.53 bits per heavy atom. The Bertz CT molecular complexity index is 379. The van der Waals surface area contributed by atoms with Crippen LogP contribution in [-0.2, 0) is 0 Å². The summed E-state index contributed by atoms with van der Waals surface area (Å²) in [5.74, 6) is -0.583. The van der Waals surface area contributed by atoms with Crippen LogP contribution in [0.15, 0.2) is 18.3 Å². The van der Waals surface area contributed by atoms with Gasteiger partial charge in [-0.05, 0) is 11.6 Å².